The number of urea groups is 1. The van der Waals surface area contributed by atoms with E-state index in [-0.39, 0.29) is 23.9 Å². The lowest BCUT2D eigenvalue weighted by Gasteiger charge is -2.36. The zero-order valence-corrected chi connectivity index (χ0v) is 18.6. The molecular weight excluding hydrogens is 380 g/mol. The number of hydrogen-bond acceptors (Lipinski definition) is 4. The Balaban J connectivity index is 1.40. The highest BCUT2D eigenvalue weighted by molar-refractivity contribution is 5.80. The molecule has 8 heteroatoms. The maximum atomic E-state index is 13.4. The number of carbonyl (C=O) groups excluding carboxylic acids is 2. The molecule has 0 aromatic carbocycles. The van der Waals surface area contributed by atoms with E-state index in [9.17, 15) is 9.59 Å². The van der Waals surface area contributed by atoms with Gasteiger partial charge >= 0.3 is 6.03 Å². The van der Waals surface area contributed by atoms with Gasteiger partial charge in [-0.3, -0.25) is 4.79 Å². The number of hydrogen-bond donors (Lipinski definition) is 0. The van der Waals surface area contributed by atoms with Crippen LogP contribution in [0.25, 0.3) is 0 Å². The van der Waals surface area contributed by atoms with Crippen molar-refractivity contribution < 1.29 is 9.59 Å². The predicted molar refractivity (Wildman–Crippen MR) is 114 cm³/mol. The van der Waals surface area contributed by atoms with Crippen molar-refractivity contribution in [3.8, 4) is 0 Å². The van der Waals surface area contributed by atoms with Crippen LogP contribution in [-0.2, 0) is 17.8 Å². The summed E-state index contributed by atoms with van der Waals surface area (Å²) in [6.45, 7) is 8.60. The second-order valence-electron chi connectivity index (χ2n) is 8.84. The Bertz CT molecular complexity index is 751. The highest BCUT2D eigenvalue weighted by atomic mass is 16.2. The summed E-state index contributed by atoms with van der Waals surface area (Å²) >= 11 is 0. The van der Waals surface area contributed by atoms with Crippen LogP contribution in [0.2, 0.25) is 0 Å². The maximum absolute atomic E-state index is 13.4. The second kappa shape index (κ2) is 9.35. The molecule has 8 nitrogen and oxygen atoms in total. The van der Waals surface area contributed by atoms with Crippen molar-refractivity contribution in [2.75, 3.05) is 32.7 Å². The fourth-order valence-corrected chi connectivity index (χ4v) is 5.30. The van der Waals surface area contributed by atoms with Gasteiger partial charge in [-0.1, -0.05) is 6.42 Å². The van der Waals surface area contributed by atoms with Crippen molar-refractivity contribution in [2.24, 2.45) is 5.92 Å². The van der Waals surface area contributed by atoms with Crippen LogP contribution < -0.4 is 0 Å². The van der Waals surface area contributed by atoms with Crippen LogP contribution >= 0.6 is 0 Å². The molecular formula is C22H36N6O2. The molecule has 0 aliphatic carbocycles. The number of carbonyl (C=O) groups is 2. The van der Waals surface area contributed by atoms with Crippen molar-refractivity contribution in [3.63, 3.8) is 0 Å². The highest BCUT2D eigenvalue weighted by Crippen LogP contribution is 2.35. The molecule has 2 saturated heterocycles. The van der Waals surface area contributed by atoms with Crippen LogP contribution in [0.1, 0.15) is 76.5 Å². The van der Waals surface area contributed by atoms with Crippen LogP contribution in [0.15, 0.2) is 0 Å². The minimum Gasteiger partial charge on any atom is -0.332 e. The summed E-state index contributed by atoms with van der Waals surface area (Å²) in [5, 5.41) is 8.99. The fraction of sp³-hybridized carbons (Fsp3) is 0.818. The molecule has 3 aliphatic rings. The van der Waals surface area contributed by atoms with Gasteiger partial charge in [0.05, 0.1) is 6.04 Å². The molecule has 0 N–H and O–H groups in total. The van der Waals surface area contributed by atoms with Crippen molar-refractivity contribution in [3.05, 3.63) is 11.6 Å². The first-order chi connectivity index (χ1) is 14.6. The molecule has 0 saturated carbocycles. The van der Waals surface area contributed by atoms with Gasteiger partial charge < -0.3 is 19.3 Å². The first-order valence-corrected chi connectivity index (χ1v) is 11.9. The molecule has 166 valence electrons. The Morgan fingerprint density at radius 2 is 1.70 bits per heavy atom. The molecule has 0 radical (unpaired) electrons. The number of rotatable bonds is 4. The largest absolute Gasteiger partial charge is 0.332 e. The van der Waals surface area contributed by atoms with Crippen LogP contribution in [-0.4, -0.2) is 74.1 Å². The zero-order valence-electron chi connectivity index (χ0n) is 18.6. The van der Waals surface area contributed by atoms with E-state index in [1.165, 1.54) is 12.8 Å². The Morgan fingerprint density at radius 1 is 0.933 bits per heavy atom. The first kappa shape index (κ1) is 21.1. The lowest BCUT2D eigenvalue weighted by Crippen LogP contribution is -2.49. The topological polar surface area (TPSA) is 74.6 Å². The number of nitrogens with zero attached hydrogens (tertiary/aromatic N) is 6. The first-order valence-electron chi connectivity index (χ1n) is 11.9. The molecule has 0 bridgehead atoms. The van der Waals surface area contributed by atoms with Crippen LogP contribution in [0, 0.1) is 5.92 Å². The van der Waals surface area contributed by atoms with Crippen LogP contribution in [0.5, 0.6) is 0 Å². The number of fused-ring (bicyclic) bond motifs is 1. The van der Waals surface area contributed by atoms with E-state index in [1.807, 2.05) is 23.6 Å². The Hall–Kier alpha value is -2.12. The minimum absolute atomic E-state index is 0.0119. The van der Waals surface area contributed by atoms with Gasteiger partial charge in [-0.05, 0) is 52.4 Å². The van der Waals surface area contributed by atoms with Gasteiger partial charge in [0, 0.05) is 51.6 Å². The Kier molecular flexibility index (Phi) is 6.58. The van der Waals surface area contributed by atoms with Crippen molar-refractivity contribution in [2.45, 2.75) is 77.8 Å². The minimum atomic E-state index is 0.0119. The SMILES string of the molecule is CCN(CC)C(=O)N1CCC(C(=O)N2CCC[C@@H]2c2nnc3n2CCCCC3)CC1. The third-order valence-corrected chi connectivity index (χ3v) is 7.12. The summed E-state index contributed by atoms with van der Waals surface area (Å²) in [4.78, 5) is 31.9. The van der Waals surface area contributed by atoms with E-state index < -0.39 is 0 Å². The van der Waals surface area contributed by atoms with Gasteiger partial charge in [0.15, 0.2) is 5.82 Å². The van der Waals surface area contributed by atoms with Crippen molar-refractivity contribution >= 4 is 11.9 Å². The third kappa shape index (κ3) is 4.05. The van der Waals surface area contributed by atoms with Crippen LogP contribution in [0.4, 0.5) is 4.79 Å². The van der Waals surface area contributed by atoms with E-state index in [1.54, 1.807) is 0 Å². The molecule has 30 heavy (non-hydrogen) atoms. The summed E-state index contributed by atoms with van der Waals surface area (Å²) in [6.07, 6.45) is 8.09. The van der Waals surface area contributed by atoms with Gasteiger partial charge in [0.25, 0.3) is 0 Å². The molecule has 3 aliphatic heterocycles. The average Bonchev–Trinajstić information content (AvgIpc) is 3.34. The van der Waals surface area contributed by atoms with E-state index in [0.717, 1.165) is 76.4 Å². The summed E-state index contributed by atoms with van der Waals surface area (Å²) in [6, 6.07) is 0.170. The molecule has 2 fully saturated rings. The van der Waals surface area contributed by atoms with E-state index in [0.29, 0.717) is 13.1 Å². The number of likely N-dealkylation sites (tertiary alicyclic amines) is 2. The number of amides is 3. The maximum Gasteiger partial charge on any atom is 0.319 e. The molecule has 1 aromatic heterocycles. The van der Waals surface area contributed by atoms with E-state index in [2.05, 4.69) is 19.7 Å². The van der Waals surface area contributed by atoms with E-state index >= 15 is 0 Å². The van der Waals surface area contributed by atoms with Gasteiger partial charge in [0.1, 0.15) is 5.82 Å². The quantitative estimate of drug-likeness (QED) is 0.756. The standard InChI is InChI=1S/C22H36N6O2/c1-3-25(4-2)22(30)26-15-11-17(12-16-26)21(29)27-14-8-9-18(27)20-24-23-19-10-6-5-7-13-28(19)20/h17-18H,3-16H2,1-2H3/t18-/m1/s1. The van der Waals surface area contributed by atoms with Crippen molar-refractivity contribution in [1.29, 1.82) is 0 Å². The van der Waals surface area contributed by atoms with Crippen molar-refractivity contribution in [1.82, 2.24) is 29.5 Å². The lowest BCUT2D eigenvalue weighted by atomic mass is 9.95. The van der Waals surface area contributed by atoms with Gasteiger partial charge in [0.2, 0.25) is 5.91 Å². The Labute approximate surface area is 179 Å². The molecule has 3 amide bonds. The van der Waals surface area contributed by atoms with Crippen LogP contribution in [0.3, 0.4) is 0 Å². The second-order valence-corrected chi connectivity index (χ2v) is 8.84. The highest BCUT2D eigenvalue weighted by Gasteiger charge is 2.38. The summed E-state index contributed by atoms with van der Waals surface area (Å²) < 4.78 is 2.29. The van der Waals surface area contributed by atoms with Gasteiger partial charge in [-0.15, -0.1) is 10.2 Å². The molecule has 0 spiro atoms. The summed E-state index contributed by atoms with van der Waals surface area (Å²) in [5.74, 6) is 2.34. The number of piperidine rings is 1. The fourth-order valence-electron chi connectivity index (χ4n) is 5.30. The lowest BCUT2D eigenvalue weighted by molar-refractivity contribution is -0.138. The summed E-state index contributed by atoms with van der Waals surface area (Å²) in [5.41, 5.74) is 0. The third-order valence-electron chi connectivity index (χ3n) is 7.12. The zero-order chi connectivity index (χ0) is 21.1. The molecule has 0 unspecified atom stereocenters. The van der Waals surface area contributed by atoms with Gasteiger partial charge in [-0.25, -0.2) is 4.79 Å². The number of aryl methyl sites for hydroxylation is 1. The molecule has 1 atom stereocenters. The molecule has 1 aromatic rings. The molecule has 4 rings (SSSR count). The smallest absolute Gasteiger partial charge is 0.319 e. The predicted octanol–water partition coefficient (Wildman–Crippen LogP) is 2.84. The van der Waals surface area contributed by atoms with E-state index in [4.69, 9.17) is 0 Å². The average molecular weight is 417 g/mol. The summed E-state index contributed by atoms with van der Waals surface area (Å²) in [7, 11) is 0. The van der Waals surface area contributed by atoms with Gasteiger partial charge in [-0.2, -0.15) is 0 Å². The Morgan fingerprint density at radius 3 is 2.43 bits per heavy atom. The monoisotopic (exact) mass is 416 g/mol. The molecule has 4 heterocycles. The normalized spacial score (nSPS) is 22.7. The number of aromatic nitrogens is 3.